The van der Waals surface area contributed by atoms with Crippen LogP contribution in [0.25, 0.3) is 11.3 Å². The number of nitrogens with two attached hydrogens (primary N) is 1. The maximum Gasteiger partial charge on any atom is 0.224 e. The number of hydrogen-bond donors (Lipinski definition) is 3. The molecule has 0 fully saturated rings. The van der Waals surface area contributed by atoms with Crippen LogP contribution in [-0.2, 0) is 4.79 Å². The van der Waals surface area contributed by atoms with Gasteiger partial charge in [0.1, 0.15) is 16.7 Å². The lowest BCUT2D eigenvalue weighted by atomic mass is 10.1. The number of halogens is 1. The van der Waals surface area contributed by atoms with Crippen LogP contribution >= 0.6 is 11.6 Å². The van der Waals surface area contributed by atoms with Crippen LogP contribution in [0.2, 0.25) is 5.15 Å². The molecule has 4 N–H and O–H groups in total. The van der Waals surface area contributed by atoms with Crippen LogP contribution < -0.4 is 11.1 Å². The minimum atomic E-state index is -0.251. The van der Waals surface area contributed by atoms with Crippen molar-refractivity contribution in [1.82, 2.24) is 9.97 Å². The lowest BCUT2D eigenvalue weighted by Gasteiger charge is -2.09. The number of benzene rings is 1. The van der Waals surface area contributed by atoms with Crippen molar-refractivity contribution in [3.8, 4) is 11.3 Å². The Balaban J connectivity index is 2.09. The minimum absolute atomic E-state index is 0.0347. The number of rotatable bonds is 0. The van der Waals surface area contributed by atoms with Crippen LogP contribution in [0.1, 0.15) is 31.1 Å². The van der Waals surface area contributed by atoms with Gasteiger partial charge in [0.2, 0.25) is 5.91 Å². The fourth-order valence-corrected chi connectivity index (χ4v) is 2.66. The van der Waals surface area contributed by atoms with Crippen LogP contribution in [0.3, 0.4) is 0 Å². The number of carbonyl (C=O) groups is 1. The first-order valence-corrected chi connectivity index (χ1v) is 7.58. The maximum absolute atomic E-state index is 12.0. The fraction of sp³-hybridized carbons (Fsp3) is 0.250. The number of aromatic amines is 1. The summed E-state index contributed by atoms with van der Waals surface area (Å²) in [5.41, 5.74) is 8.21. The monoisotopic (exact) mass is 316 g/mol. The molecule has 114 valence electrons. The van der Waals surface area contributed by atoms with Crippen LogP contribution in [0, 0.1) is 0 Å². The molecule has 2 aromatic rings. The van der Waals surface area contributed by atoms with Crippen LogP contribution in [0.4, 0.5) is 5.69 Å². The Hall–Kier alpha value is -2.11. The molecule has 0 saturated heterocycles. The van der Waals surface area contributed by atoms with Crippen LogP contribution in [-0.4, -0.2) is 15.9 Å². The third kappa shape index (κ3) is 3.05. The van der Waals surface area contributed by atoms with Crippen molar-refractivity contribution >= 4 is 23.2 Å². The number of allylic oxidation sites excluding steroid dienone is 1. The number of anilines is 1. The van der Waals surface area contributed by atoms with E-state index in [4.69, 9.17) is 17.3 Å². The summed E-state index contributed by atoms with van der Waals surface area (Å²) in [6.07, 6.45) is 5.70. The number of amides is 1. The molecule has 1 atom stereocenters. The Labute approximate surface area is 133 Å². The van der Waals surface area contributed by atoms with Gasteiger partial charge in [-0.2, -0.15) is 0 Å². The molecule has 3 rings (SSSR count). The highest BCUT2D eigenvalue weighted by Crippen LogP contribution is 2.33. The summed E-state index contributed by atoms with van der Waals surface area (Å²) < 4.78 is 0. The van der Waals surface area contributed by atoms with Gasteiger partial charge in [0.25, 0.3) is 0 Å². The molecule has 22 heavy (non-hydrogen) atoms. The van der Waals surface area contributed by atoms with E-state index in [-0.39, 0.29) is 11.9 Å². The molecular weight excluding hydrogens is 300 g/mol. The van der Waals surface area contributed by atoms with Crippen molar-refractivity contribution in [1.29, 1.82) is 0 Å². The molecule has 5 nitrogen and oxygen atoms in total. The molecule has 6 heteroatoms. The number of imidazole rings is 1. The van der Waals surface area contributed by atoms with Gasteiger partial charge in [0.05, 0.1) is 11.7 Å². The first-order chi connectivity index (χ1) is 10.6. The predicted molar refractivity (Wildman–Crippen MR) is 87.6 cm³/mol. The average Bonchev–Trinajstić information content (AvgIpc) is 2.89. The zero-order valence-corrected chi connectivity index (χ0v) is 12.7. The van der Waals surface area contributed by atoms with Gasteiger partial charge < -0.3 is 16.0 Å². The number of nitrogens with one attached hydrogen (secondary N) is 2. The molecule has 0 saturated carbocycles. The van der Waals surface area contributed by atoms with Gasteiger partial charge >= 0.3 is 0 Å². The molecule has 0 aliphatic carbocycles. The lowest BCUT2D eigenvalue weighted by molar-refractivity contribution is -0.116. The van der Waals surface area contributed by atoms with E-state index in [9.17, 15) is 4.79 Å². The van der Waals surface area contributed by atoms with E-state index >= 15 is 0 Å². The molecule has 1 amide bonds. The maximum atomic E-state index is 12.0. The zero-order chi connectivity index (χ0) is 15.5. The summed E-state index contributed by atoms with van der Waals surface area (Å²) in [5.74, 6) is 0.609. The van der Waals surface area contributed by atoms with E-state index in [1.807, 2.05) is 36.4 Å². The highest BCUT2D eigenvalue weighted by molar-refractivity contribution is 6.32. The Kier molecular flexibility index (Phi) is 4.27. The summed E-state index contributed by atoms with van der Waals surface area (Å²) in [6, 6.07) is 7.22. The number of H-pyrrole nitrogens is 1. The second kappa shape index (κ2) is 6.34. The molecule has 2 bridgehead atoms. The van der Waals surface area contributed by atoms with Gasteiger partial charge in [-0.3, -0.25) is 4.79 Å². The Morgan fingerprint density at radius 1 is 1.27 bits per heavy atom. The quantitative estimate of drug-likeness (QED) is 0.651. The first-order valence-electron chi connectivity index (χ1n) is 7.20. The Morgan fingerprint density at radius 3 is 2.95 bits per heavy atom. The van der Waals surface area contributed by atoms with Gasteiger partial charge in [-0.25, -0.2) is 4.98 Å². The topological polar surface area (TPSA) is 83.8 Å². The largest absolute Gasteiger partial charge is 0.331 e. The van der Waals surface area contributed by atoms with E-state index in [1.165, 1.54) is 0 Å². The standard InChI is InChI=1S/C16H17ClN4O/c17-15-14-10-6-4-5-8-12(10)19-13(22)9-3-1-2-7-11(18)16(20-14)21-15/h1-2,4-6,8,11H,3,7,9,18H2,(H,19,22)(H,20,21)/b2-1+/t11-/m0/s1. The van der Waals surface area contributed by atoms with Crippen molar-refractivity contribution < 1.29 is 4.79 Å². The van der Waals surface area contributed by atoms with Crippen molar-refractivity contribution in [3.05, 3.63) is 47.4 Å². The number of aromatic nitrogens is 2. The summed E-state index contributed by atoms with van der Waals surface area (Å²) >= 11 is 6.28. The highest BCUT2D eigenvalue weighted by Gasteiger charge is 2.18. The van der Waals surface area contributed by atoms with Crippen LogP contribution in [0.15, 0.2) is 36.4 Å². The molecule has 1 aromatic carbocycles. The molecule has 1 aliphatic heterocycles. The minimum Gasteiger partial charge on any atom is -0.331 e. The van der Waals surface area contributed by atoms with Crippen molar-refractivity contribution in [3.63, 3.8) is 0 Å². The normalized spacial score (nSPS) is 20.1. The van der Waals surface area contributed by atoms with Crippen molar-refractivity contribution in [2.75, 3.05) is 5.32 Å². The molecule has 0 spiro atoms. The zero-order valence-electron chi connectivity index (χ0n) is 12.0. The molecule has 0 unspecified atom stereocenters. The molecule has 1 aliphatic rings. The van der Waals surface area contributed by atoms with Gasteiger partial charge in [0, 0.05) is 12.0 Å². The van der Waals surface area contributed by atoms with Gasteiger partial charge in [-0.15, -0.1) is 0 Å². The summed E-state index contributed by atoms with van der Waals surface area (Å²) in [5, 5.41) is 3.34. The summed E-state index contributed by atoms with van der Waals surface area (Å²) in [6.45, 7) is 0. The SMILES string of the molecule is N[C@H]1C/C=C/CCC(=O)Nc2ccccc2-c2nc1[nH]c2Cl. The smallest absolute Gasteiger partial charge is 0.224 e. The third-order valence-corrected chi connectivity index (χ3v) is 3.85. The van der Waals surface area contributed by atoms with E-state index in [0.717, 1.165) is 5.56 Å². The van der Waals surface area contributed by atoms with E-state index in [0.29, 0.717) is 41.6 Å². The summed E-state index contributed by atoms with van der Waals surface area (Å²) in [4.78, 5) is 19.6. The molecule has 2 heterocycles. The van der Waals surface area contributed by atoms with Crippen LogP contribution in [0.5, 0.6) is 0 Å². The lowest BCUT2D eigenvalue weighted by Crippen LogP contribution is -2.11. The van der Waals surface area contributed by atoms with Crippen molar-refractivity contribution in [2.24, 2.45) is 5.73 Å². The number of para-hydroxylation sites is 1. The van der Waals surface area contributed by atoms with Crippen molar-refractivity contribution in [2.45, 2.75) is 25.3 Å². The van der Waals surface area contributed by atoms with Gasteiger partial charge in [-0.05, 0) is 18.9 Å². The summed E-state index contributed by atoms with van der Waals surface area (Å²) in [7, 11) is 0. The number of hydrogen-bond acceptors (Lipinski definition) is 3. The molecule has 0 radical (unpaired) electrons. The predicted octanol–water partition coefficient (Wildman–Crippen LogP) is 3.41. The van der Waals surface area contributed by atoms with E-state index in [1.54, 1.807) is 0 Å². The Morgan fingerprint density at radius 2 is 2.09 bits per heavy atom. The second-order valence-corrected chi connectivity index (χ2v) is 5.61. The van der Waals surface area contributed by atoms with Gasteiger partial charge in [0.15, 0.2) is 0 Å². The number of fused-ring (bicyclic) bond motifs is 4. The fourth-order valence-electron chi connectivity index (χ4n) is 2.42. The second-order valence-electron chi connectivity index (χ2n) is 5.23. The Bertz CT molecular complexity index is 723. The molecule has 1 aromatic heterocycles. The van der Waals surface area contributed by atoms with Gasteiger partial charge in [-0.1, -0.05) is 42.0 Å². The van der Waals surface area contributed by atoms with E-state index in [2.05, 4.69) is 15.3 Å². The average molecular weight is 317 g/mol. The number of nitrogens with zero attached hydrogens (tertiary/aromatic N) is 1. The molecular formula is C16H17ClN4O. The number of carbonyl (C=O) groups excluding carboxylic acids is 1. The highest BCUT2D eigenvalue weighted by atomic mass is 35.5. The third-order valence-electron chi connectivity index (χ3n) is 3.58. The van der Waals surface area contributed by atoms with E-state index < -0.39 is 0 Å². The first kappa shape index (κ1) is 14.8.